The molecular formula is C9H9ClO3S. The number of ether oxygens (including phenoxy) is 1. The molecule has 0 saturated heterocycles. The van der Waals surface area contributed by atoms with Crippen LogP contribution < -0.4 is 4.74 Å². The van der Waals surface area contributed by atoms with Crippen LogP contribution in [0.25, 0.3) is 0 Å². The SMILES string of the molecule is COc1ccc(Cl)cc1C(S)C(=O)O. The van der Waals surface area contributed by atoms with E-state index in [1.807, 2.05) is 0 Å². The molecule has 1 unspecified atom stereocenters. The average Bonchev–Trinajstić information content (AvgIpc) is 2.16. The zero-order valence-electron chi connectivity index (χ0n) is 7.40. The Hall–Kier alpha value is -0.870. The third-order valence-electron chi connectivity index (χ3n) is 1.72. The van der Waals surface area contributed by atoms with Crippen LogP contribution in [0, 0.1) is 0 Å². The fraction of sp³-hybridized carbons (Fsp3) is 0.222. The molecule has 0 heterocycles. The first kappa shape index (κ1) is 11.2. The number of carboxylic acids is 1. The number of methoxy groups -OCH3 is 1. The summed E-state index contributed by atoms with van der Waals surface area (Å²) in [6.45, 7) is 0. The van der Waals surface area contributed by atoms with E-state index in [0.29, 0.717) is 16.3 Å². The van der Waals surface area contributed by atoms with E-state index >= 15 is 0 Å². The summed E-state index contributed by atoms with van der Waals surface area (Å²) in [5.74, 6) is -0.564. The fourth-order valence-electron chi connectivity index (χ4n) is 1.05. The number of benzene rings is 1. The van der Waals surface area contributed by atoms with Gasteiger partial charge >= 0.3 is 5.97 Å². The van der Waals surface area contributed by atoms with Gasteiger partial charge in [-0.15, -0.1) is 0 Å². The Morgan fingerprint density at radius 1 is 1.64 bits per heavy atom. The number of halogens is 1. The molecule has 1 rings (SSSR count). The van der Waals surface area contributed by atoms with Gasteiger partial charge in [-0.1, -0.05) is 11.6 Å². The molecule has 0 aromatic heterocycles. The van der Waals surface area contributed by atoms with E-state index in [-0.39, 0.29) is 0 Å². The van der Waals surface area contributed by atoms with Crippen molar-refractivity contribution >= 4 is 30.2 Å². The van der Waals surface area contributed by atoms with E-state index in [9.17, 15) is 4.79 Å². The molecule has 0 bridgehead atoms. The lowest BCUT2D eigenvalue weighted by Gasteiger charge is -2.11. The molecule has 1 aromatic carbocycles. The smallest absolute Gasteiger partial charge is 0.321 e. The first-order chi connectivity index (χ1) is 6.56. The lowest BCUT2D eigenvalue weighted by Crippen LogP contribution is -2.06. The molecule has 1 aromatic rings. The van der Waals surface area contributed by atoms with Crippen LogP contribution in [0.4, 0.5) is 0 Å². The molecule has 0 fully saturated rings. The Balaban J connectivity index is 3.16. The topological polar surface area (TPSA) is 46.5 Å². The average molecular weight is 233 g/mol. The molecule has 0 saturated carbocycles. The number of hydrogen-bond acceptors (Lipinski definition) is 3. The Bertz CT molecular complexity index is 354. The number of thiol groups is 1. The van der Waals surface area contributed by atoms with Crippen molar-refractivity contribution in [2.24, 2.45) is 0 Å². The summed E-state index contributed by atoms with van der Waals surface area (Å²) < 4.78 is 5.00. The van der Waals surface area contributed by atoms with Crippen LogP contribution in [0.5, 0.6) is 5.75 Å². The van der Waals surface area contributed by atoms with Crippen molar-refractivity contribution in [2.75, 3.05) is 7.11 Å². The van der Waals surface area contributed by atoms with Crippen molar-refractivity contribution in [1.82, 2.24) is 0 Å². The molecule has 1 atom stereocenters. The van der Waals surface area contributed by atoms with Crippen LogP contribution in [-0.4, -0.2) is 18.2 Å². The van der Waals surface area contributed by atoms with Gasteiger partial charge in [-0.3, -0.25) is 4.79 Å². The molecule has 0 radical (unpaired) electrons. The predicted molar refractivity (Wildman–Crippen MR) is 57.4 cm³/mol. The molecule has 5 heteroatoms. The van der Waals surface area contributed by atoms with E-state index in [1.165, 1.54) is 13.2 Å². The maximum atomic E-state index is 10.7. The van der Waals surface area contributed by atoms with Crippen LogP contribution in [0.2, 0.25) is 5.02 Å². The van der Waals surface area contributed by atoms with Crippen LogP contribution in [0.1, 0.15) is 10.8 Å². The number of carboxylic acid groups (broad SMARTS) is 1. The summed E-state index contributed by atoms with van der Waals surface area (Å²) in [5, 5.41) is 8.30. The summed E-state index contributed by atoms with van der Waals surface area (Å²) >= 11 is 9.69. The van der Waals surface area contributed by atoms with Crippen LogP contribution in [-0.2, 0) is 4.79 Å². The Morgan fingerprint density at radius 3 is 2.79 bits per heavy atom. The van der Waals surface area contributed by atoms with Crippen molar-refractivity contribution in [3.8, 4) is 5.75 Å². The van der Waals surface area contributed by atoms with Crippen LogP contribution >= 0.6 is 24.2 Å². The summed E-state index contributed by atoms with van der Waals surface area (Å²) in [5.41, 5.74) is 0.454. The second-order valence-electron chi connectivity index (χ2n) is 2.63. The van der Waals surface area contributed by atoms with Crippen molar-refractivity contribution in [2.45, 2.75) is 5.25 Å². The third kappa shape index (κ3) is 2.33. The summed E-state index contributed by atoms with van der Waals surface area (Å²) in [4.78, 5) is 10.7. The molecule has 76 valence electrons. The lowest BCUT2D eigenvalue weighted by molar-refractivity contribution is -0.136. The Morgan fingerprint density at radius 2 is 2.29 bits per heavy atom. The van der Waals surface area contributed by atoms with Gasteiger partial charge in [0, 0.05) is 10.6 Å². The van der Waals surface area contributed by atoms with Gasteiger partial charge in [0.2, 0.25) is 0 Å². The zero-order chi connectivity index (χ0) is 10.7. The molecule has 3 nitrogen and oxygen atoms in total. The highest BCUT2D eigenvalue weighted by Crippen LogP contribution is 2.31. The largest absolute Gasteiger partial charge is 0.496 e. The minimum absolute atomic E-state index is 0.454. The molecule has 0 aliphatic rings. The maximum Gasteiger partial charge on any atom is 0.321 e. The first-order valence-electron chi connectivity index (χ1n) is 3.80. The monoisotopic (exact) mass is 232 g/mol. The summed E-state index contributed by atoms with van der Waals surface area (Å²) in [6, 6.07) is 4.78. The minimum Gasteiger partial charge on any atom is -0.496 e. The lowest BCUT2D eigenvalue weighted by atomic mass is 10.1. The van der Waals surface area contributed by atoms with E-state index in [0.717, 1.165) is 0 Å². The van der Waals surface area contributed by atoms with E-state index in [1.54, 1.807) is 12.1 Å². The highest BCUT2D eigenvalue weighted by Gasteiger charge is 2.19. The maximum absolute atomic E-state index is 10.7. The number of rotatable bonds is 3. The molecule has 0 amide bonds. The summed E-state index contributed by atoms with van der Waals surface area (Å²) in [7, 11) is 1.47. The van der Waals surface area contributed by atoms with Gasteiger partial charge in [0.05, 0.1) is 7.11 Å². The highest BCUT2D eigenvalue weighted by atomic mass is 35.5. The molecule has 0 aliphatic carbocycles. The summed E-state index contributed by atoms with van der Waals surface area (Å²) in [6.07, 6.45) is 0. The van der Waals surface area contributed by atoms with Crippen LogP contribution in [0.3, 0.4) is 0 Å². The van der Waals surface area contributed by atoms with Gasteiger partial charge < -0.3 is 9.84 Å². The van der Waals surface area contributed by atoms with Gasteiger partial charge in [-0.25, -0.2) is 0 Å². The molecule has 0 aliphatic heterocycles. The van der Waals surface area contributed by atoms with Gasteiger partial charge in [-0.05, 0) is 18.2 Å². The first-order valence-corrected chi connectivity index (χ1v) is 4.70. The van der Waals surface area contributed by atoms with Gasteiger partial charge in [0.1, 0.15) is 11.0 Å². The standard InChI is InChI=1S/C9H9ClO3S/c1-13-7-3-2-5(10)4-6(7)8(14)9(11)12/h2-4,8,14H,1H3,(H,11,12). The highest BCUT2D eigenvalue weighted by molar-refractivity contribution is 7.81. The normalized spacial score (nSPS) is 12.2. The van der Waals surface area contributed by atoms with Crippen molar-refractivity contribution < 1.29 is 14.6 Å². The Labute approximate surface area is 92.1 Å². The van der Waals surface area contributed by atoms with Gasteiger partial charge in [0.15, 0.2) is 0 Å². The molecular weight excluding hydrogens is 224 g/mol. The van der Waals surface area contributed by atoms with Gasteiger partial charge in [0.25, 0.3) is 0 Å². The van der Waals surface area contributed by atoms with Crippen molar-refractivity contribution in [3.05, 3.63) is 28.8 Å². The third-order valence-corrected chi connectivity index (χ3v) is 2.45. The molecule has 0 spiro atoms. The molecule has 14 heavy (non-hydrogen) atoms. The van der Waals surface area contributed by atoms with Gasteiger partial charge in [-0.2, -0.15) is 12.6 Å². The second-order valence-corrected chi connectivity index (χ2v) is 3.58. The quantitative estimate of drug-likeness (QED) is 0.787. The van der Waals surface area contributed by atoms with Crippen LogP contribution in [0.15, 0.2) is 18.2 Å². The van der Waals surface area contributed by atoms with E-state index < -0.39 is 11.2 Å². The number of carbonyl (C=O) groups is 1. The minimum atomic E-state index is -1.03. The van der Waals surface area contributed by atoms with E-state index in [2.05, 4.69) is 12.6 Å². The predicted octanol–water partition coefficient (Wildman–Crippen LogP) is 2.40. The Kier molecular flexibility index (Phi) is 3.66. The second kappa shape index (κ2) is 4.57. The molecule has 1 N–H and O–H groups in total. The zero-order valence-corrected chi connectivity index (χ0v) is 9.05. The fourth-order valence-corrected chi connectivity index (χ4v) is 1.43. The van der Waals surface area contributed by atoms with Crippen molar-refractivity contribution in [1.29, 1.82) is 0 Å². The number of aliphatic carboxylic acids is 1. The van der Waals surface area contributed by atoms with E-state index in [4.69, 9.17) is 21.4 Å². The number of hydrogen-bond donors (Lipinski definition) is 2. The van der Waals surface area contributed by atoms with Crippen molar-refractivity contribution in [3.63, 3.8) is 0 Å².